The van der Waals surface area contributed by atoms with Gasteiger partial charge in [-0.25, -0.2) is 0 Å². The zero-order valence-electron chi connectivity index (χ0n) is 15.6. The maximum atomic E-state index is 12.6. The predicted molar refractivity (Wildman–Crippen MR) is 103 cm³/mol. The molecule has 0 atom stereocenters. The molecule has 0 spiro atoms. The van der Waals surface area contributed by atoms with Crippen molar-refractivity contribution in [2.75, 3.05) is 26.3 Å². The zero-order chi connectivity index (χ0) is 18.5. The molecule has 0 aromatic heterocycles. The van der Waals surface area contributed by atoms with Gasteiger partial charge in [0, 0.05) is 36.4 Å². The summed E-state index contributed by atoms with van der Waals surface area (Å²) in [7, 11) is 0. The van der Waals surface area contributed by atoms with Crippen molar-refractivity contribution in [3.63, 3.8) is 0 Å². The third-order valence-electron chi connectivity index (χ3n) is 5.33. The van der Waals surface area contributed by atoms with E-state index in [1.54, 1.807) is 11.0 Å². The van der Waals surface area contributed by atoms with Crippen molar-refractivity contribution in [2.45, 2.75) is 31.8 Å². The zero-order valence-corrected chi connectivity index (χ0v) is 15.6. The lowest BCUT2D eigenvalue weighted by Gasteiger charge is -2.30. The summed E-state index contributed by atoms with van der Waals surface area (Å²) in [5, 5.41) is 3.19. The monoisotopic (exact) mass is 367 g/mol. The van der Waals surface area contributed by atoms with Gasteiger partial charge in [-0.3, -0.25) is 4.79 Å². The summed E-state index contributed by atoms with van der Waals surface area (Å²) in [6, 6.07) is 16.3. The van der Waals surface area contributed by atoms with Crippen LogP contribution < -0.4 is 19.7 Å². The second-order valence-electron chi connectivity index (χ2n) is 7.37. The number of likely N-dealkylation sites (tertiary alicyclic amines) is 1. The Kier molecular flexibility index (Phi) is 5.58. The molecule has 0 radical (unpaired) electrons. The Labute approximate surface area is 160 Å². The number of nitrogens with one attached hydrogen (secondary N) is 2. The minimum absolute atomic E-state index is 0.0258. The molecule has 1 saturated heterocycles. The molecule has 0 aliphatic carbocycles. The lowest BCUT2D eigenvalue weighted by atomic mass is 10.0. The predicted octanol–water partition coefficient (Wildman–Crippen LogP) is 1.83. The van der Waals surface area contributed by atoms with Crippen molar-refractivity contribution < 1.29 is 19.2 Å². The Hall–Kier alpha value is -2.53. The number of benzene rings is 2. The van der Waals surface area contributed by atoms with E-state index in [2.05, 4.69) is 35.6 Å². The molecule has 4 rings (SSSR count). The van der Waals surface area contributed by atoms with E-state index in [1.807, 2.05) is 12.1 Å². The summed E-state index contributed by atoms with van der Waals surface area (Å²) in [4.78, 5) is 14.2. The highest BCUT2D eigenvalue weighted by atomic mass is 16.5. The van der Waals surface area contributed by atoms with Crippen molar-refractivity contribution in [1.29, 1.82) is 0 Å². The number of hydrogen-bond donors (Lipinski definition) is 2. The molecule has 2 aromatic carbocycles. The first kappa shape index (κ1) is 17.9. The first-order valence-corrected chi connectivity index (χ1v) is 9.86. The van der Waals surface area contributed by atoms with Crippen LogP contribution in [0.5, 0.6) is 11.5 Å². The first-order chi connectivity index (χ1) is 13.3. The fraction of sp³-hybridized carbons (Fsp3) is 0.409. The van der Waals surface area contributed by atoms with Crippen LogP contribution in [0.2, 0.25) is 0 Å². The molecule has 0 unspecified atom stereocenters. The molecule has 5 heteroatoms. The number of ether oxygens (including phenoxy) is 2. The van der Waals surface area contributed by atoms with Crippen LogP contribution in [0.15, 0.2) is 48.5 Å². The van der Waals surface area contributed by atoms with E-state index in [0.29, 0.717) is 24.5 Å². The molecule has 2 heterocycles. The van der Waals surface area contributed by atoms with Gasteiger partial charge in [0.05, 0.1) is 26.3 Å². The van der Waals surface area contributed by atoms with Gasteiger partial charge in [0.2, 0.25) is 0 Å². The van der Waals surface area contributed by atoms with Crippen LogP contribution in [0.4, 0.5) is 0 Å². The molecule has 0 saturated carbocycles. The number of piperidine rings is 1. The van der Waals surface area contributed by atoms with Crippen LogP contribution in [0.3, 0.4) is 0 Å². The van der Waals surface area contributed by atoms with Crippen molar-refractivity contribution >= 4 is 5.91 Å². The van der Waals surface area contributed by atoms with E-state index in [4.69, 9.17) is 9.47 Å². The maximum absolute atomic E-state index is 12.6. The number of amides is 1. The number of rotatable bonds is 4. The smallest absolute Gasteiger partial charge is 0.251 e. The van der Waals surface area contributed by atoms with Crippen LogP contribution >= 0.6 is 0 Å². The van der Waals surface area contributed by atoms with Crippen LogP contribution in [0, 0.1) is 0 Å². The Bertz CT molecular complexity index is 770. The largest absolute Gasteiger partial charge is 0.490 e. The Morgan fingerprint density at radius 1 is 1.00 bits per heavy atom. The summed E-state index contributed by atoms with van der Waals surface area (Å²) < 4.78 is 11.3. The van der Waals surface area contributed by atoms with Gasteiger partial charge in [0.1, 0.15) is 6.54 Å². The molecule has 5 nitrogen and oxygen atoms in total. The van der Waals surface area contributed by atoms with Gasteiger partial charge in [-0.1, -0.05) is 30.3 Å². The van der Waals surface area contributed by atoms with E-state index in [1.165, 1.54) is 5.56 Å². The fourth-order valence-corrected chi connectivity index (χ4v) is 3.80. The second kappa shape index (κ2) is 8.44. The van der Waals surface area contributed by atoms with E-state index in [0.717, 1.165) is 44.6 Å². The van der Waals surface area contributed by atoms with Crippen LogP contribution in [0.25, 0.3) is 0 Å². The van der Waals surface area contributed by atoms with Gasteiger partial charge in [0.15, 0.2) is 11.5 Å². The highest BCUT2D eigenvalue weighted by Gasteiger charge is 2.24. The summed E-state index contributed by atoms with van der Waals surface area (Å²) in [5.41, 5.74) is 2.01. The number of carbonyl (C=O) groups excluding carboxylic acids is 1. The molecule has 2 aromatic rings. The lowest BCUT2D eigenvalue weighted by Crippen LogP contribution is -3.12. The third-order valence-corrected chi connectivity index (χ3v) is 5.33. The number of fused-ring (bicyclic) bond motifs is 1. The summed E-state index contributed by atoms with van der Waals surface area (Å²) >= 11 is 0. The van der Waals surface area contributed by atoms with Crippen LogP contribution in [0.1, 0.15) is 35.2 Å². The highest BCUT2D eigenvalue weighted by molar-refractivity contribution is 5.95. The summed E-state index contributed by atoms with van der Waals surface area (Å²) in [5.74, 6) is 1.37. The number of carbonyl (C=O) groups is 1. The topological polar surface area (TPSA) is 52.0 Å². The molecule has 27 heavy (non-hydrogen) atoms. The van der Waals surface area contributed by atoms with Crippen molar-refractivity contribution in [1.82, 2.24) is 5.32 Å². The van der Waals surface area contributed by atoms with Crippen molar-refractivity contribution in [2.24, 2.45) is 0 Å². The normalized spacial score (nSPS) is 21.9. The highest BCUT2D eigenvalue weighted by Crippen LogP contribution is 2.30. The van der Waals surface area contributed by atoms with Gasteiger partial charge in [-0.15, -0.1) is 0 Å². The van der Waals surface area contributed by atoms with E-state index >= 15 is 0 Å². The molecule has 1 fully saturated rings. The Morgan fingerprint density at radius 3 is 2.52 bits per heavy atom. The molecular formula is C22H27N2O3+. The molecule has 142 valence electrons. The second-order valence-corrected chi connectivity index (χ2v) is 7.37. The van der Waals surface area contributed by atoms with Crippen LogP contribution in [-0.2, 0) is 6.54 Å². The number of hydrogen-bond acceptors (Lipinski definition) is 3. The SMILES string of the molecule is O=C(NC1CC[NH+](Cc2ccccc2)CC1)c1ccc2c(c1)OCCCO2. The van der Waals surface area contributed by atoms with Gasteiger partial charge in [-0.05, 0) is 18.2 Å². The molecule has 2 aliphatic heterocycles. The average molecular weight is 367 g/mol. The Morgan fingerprint density at radius 2 is 1.74 bits per heavy atom. The van der Waals surface area contributed by atoms with Gasteiger partial charge < -0.3 is 19.7 Å². The first-order valence-electron chi connectivity index (χ1n) is 9.86. The Balaban J connectivity index is 1.30. The summed E-state index contributed by atoms with van der Waals surface area (Å²) in [6.07, 6.45) is 2.89. The standard InChI is InChI=1S/C22H26N2O3/c25-22(18-7-8-20-21(15-18)27-14-4-13-26-20)23-19-9-11-24(12-10-19)16-17-5-2-1-3-6-17/h1-3,5-8,15,19H,4,9-14,16H2,(H,23,25)/p+1. The van der Waals surface area contributed by atoms with Crippen molar-refractivity contribution in [3.05, 3.63) is 59.7 Å². The lowest BCUT2D eigenvalue weighted by molar-refractivity contribution is -0.918. The van der Waals surface area contributed by atoms with Gasteiger partial charge in [0.25, 0.3) is 5.91 Å². The molecule has 2 aliphatic rings. The minimum Gasteiger partial charge on any atom is -0.490 e. The van der Waals surface area contributed by atoms with Gasteiger partial charge in [-0.2, -0.15) is 0 Å². The molecule has 1 amide bonds. The minimum atomic E-state index is -0.0258. The maximum Gasteiger partial charge on any atom is 0.251 e. The van der Waals surface area contributed by atoms with E-state index < -0.39 is 0 Å². The van der Waals surface area contributed by atoms with Crippen LogP contribution in [-0.4, -0.2) is 38.3 Å². The molecular weight excluding hydrogens is 340 g/mol. The third kappa shape index (κ3) is 4.61. The molecule has 2 N–H and O–H groups in total. The van der Waals surface area contributed by atoms with Gasteiger partial charge >= 0.3 is 0 Å². The number of quaternary nitrogens is 1. The summed E-state index contributed by atoms with van der Waals surface area (Å²) in [6.45, 7) is 4.51. The van der Waals surface area contributed by atoms with E-state index in [9.17, 15) is 4.79 Å². The van der Waals surface area contributed by atoms with Crippen molar-refractivity contribution in [3.8, 4) is 11.5 Å². The average Bonchev–Trinajstić information content (AvgIpc) is 2.95. The fourth-order valence-electron chi connectivity index (χ4n) is 3.80. The molecule has 0 bridgehead atoms. The van der Waals surface area contributed by atoms with E-state index in [-0.39, 0.29) is 11.9 Å². The quantitative estimate of drug-likeness (QED) is 0.867.